The van der Waals surface area contributed by atoms with Gasteiger partial charge in [0.05, 0.1) is 6.10 Å². The van der Waals surface area contributed by atoms with Gasteiger partial charge < -0.3 is 15.3 Å². The summed E-state index contributed by atoms with van der Waals surface area (Å²) in [4.78, 5) is 25.6. The van der Waals surface area contributed by atoms with Gasteiger partial charge in [0.15, 0.2) is 0 Å². The van der Waals surface area contributed by atoms with Crippen molar-refractivity contribution in [3.05, 3.63) is 29.3 Å². The van der Waals surface area contributed by atoms with E-state index in [0.717, 1.165) is 17.7 Å². The second kappa shape index (κ2) is 5.48. The van der Waals surface area contributed by atoms with Gasteiger partial charge in [0.2, 0.25) is 5.91 Å². The highest BCUT2D eigenvalue weighted by atomic mass is 16.3. The molecule has 3 rings (SSSR count). The zero-order valence-electron chi connectivity index (χ0n) is 12.1. The fraction of sp³-hybridized carbons (Fsp3) is 0.500. The molecular formula is C16H20N2O3. The van der Waals surface area contributed by atoms with Crippen LogP contribution in [0.2, 0.25) is 0 Å². The lowest BCUT2D eigenvalue weighted by Crippen LogP contribution is -2.45. The number of fused-ring (bicyclic) bond motifs is 1. The minimum absolute atomic E-state index is 0.0229. The number of hydrogen-bond acceptors (Lipinski definition) is 3. The number of piperidine rings is 1. The Kier molecular flexibility index (Phi) is 3.68. The molecule has 1 fully saturated rings. The summed E-state index contributed by atoms with van der Waals surface area (Å²) >= 11 is 0. The van der Waals surface area contributed by atoms with E-state index in [1.807, 2.05) is 13.0 Å². The van der Waals surface area contributed by atoms with Crippen molar-refractivity contribution in [2.24, 2.45) is 5.92 Å². The highest BCUT2D eigenvalue weighted by Crippen LogP contribution is 2.25. The van der Waals surface area contributed by atoms with Crippen LogP contribution in [0.5, 0.6) is 0 Å². The van der Waals surface area contributed by atoms with E-state index in [2.05, 4.69) is 5.32 Å². The fourth-order valence-electron chi connectivity index (χ4n) is 2.93. The number of nitrogens with zero attached hydrogens (tertiary/aromatic N) is 1. The maximum atomic E-state index is 12.5. The predicted molar refractivity (Wildman–Crippen MR) is 79.1 cm³/mol. The molecule has 112 valence electrons. The fourth-order valence-corrected chi connectivity index (χ4v) is 2.93. The molecule has 0 radical (unpaired) electrons. The van der Waals surface area contributed by atoms with Crippen molar-refractivity contribution in [1.82, 2.24) is 4.90 Å². The Morgan fingerprint density at radius 3 is 2.95 bits per heavy atom. The number of nitrogens with one attached hydrogen (secondary N) is 1. The van der Waals surface area contributed by atoms with Crippen LogP contribution in [0, 0.1) is 5.92 Å². The first-order valence-electron chi connectivity index (χ1n) is 7.44. The van der Waals surface area contributed by atoms with Gasteiger partial charge in [-0.25, -0.2) is 0 Å². The minimum atomic E-state index is -0.445. The molecule has 0 bridgehead atoms. The van der Waals surface area contributed by atoms with Gasteiger partial charge in [0.1, 0.15) is 0 Å². The number of hydrogen-bond donors (Lipinski definition) is 2. The van der Waals surface area contributed by atoms with Crippen LogP contribution in [0.15, 0.2) is 18.2 Å². The monoisotopic (exact) mass is 288 g/mol. The van der Waals surface area contributed by atoms with E-state index in [1.54, 1.807) is 17.0 Å². The van der Waals surface area contributed by atoms with Crippen molar-refractivity contribution in [2.75, 3.05) is 18.4 Å². The smallest absolute Gasteiger partial charge is 0.253 e. The third-order valence-electron chi connectivity index (χ3n) is 4.45. The molecule has 5 nitrogen and oxygen atoms in total. The van der Waals surface area contributed by atoms with Gasteiger partial charge in [0, 0.05) is 30.8 Å². The topological polar surface area (TPSA) is 69.6 Å². The molecule has 0 aliphatic carbocycles. The number of anilines is 1. The molecular weight excluding hydrogens is 268 g/mol. The van der Waals surface area contributed by atoms with Crippen molar-refractivity contribution in [3.63, 3.8) is 0 Å². The molecule has 1 saturated heterocycles. The second-order valence-corrected chi connectivity index (χ2v) is 6.00. The molecule has 0 saturated carbocycles. The van der Waals surface area contributed by atoms with Crippen molar-refractivity contribution >= 4 is 17.5 Å². The van der Waals surface area contributed by atoms with Gasteiger partial charge in [-0.3, -0.25) is 9.59 Å². The lowest BCUT2D eigenvalue weighted by molar-refractivity contribution is -0.116. The number of aliphatic hydroxyl groups is 1. The summed E-state index contributed by atoms with van der Waals surface area (Å²) in [5.74, 6) is 0.225. The van der Waals surface area contributed by atoms with Crippen LogP contribution in [-0.4, -0.2) is 41.0 Å². The molecule has 2 atom stereocenters. The van der Waals surface area contributed by atoms with Gasteiger partial charge in [-0.15, -0.1) is 0 Å². The summed E-state index contributed by atoms with van der Waals surface area (Å²) in [6.45, 7) is 3.09. The molecule has 2 aliphatic rings. The molecule has 21 heavy (non-hydrogen) atoms. The average Bonchev–Trinajstić information content (AvgIpc) is 2.49. The van der Waals surface area contributed by atoms with Gasteiger partial charge in [0.25, 0.3) is 5.91 Å². The molecule has 2 unspecified atom stereocenters. The molecule has 1 aromatic carbocycles. The second-order valence-electron chi connectivity index (χ2n) is 6.00. The van der Waals surface area contributed by atoms with Gasteiger partial charge >= 0.3 is 0 Å². The number of β-amino-alcohol motifs (C(OH)–C–C–N with tert-alkyl or cyclic N) is 1. The van der Waals surface area contributed by atoms with E-state index < -0.39 is 6.10 Å². The highest BCUT2D eigenvalue weighted by Gasteiger charge is 2.28. The largest absolute Gasteiger partial charge is 0.391 e. The zero-order valence-corrected chi connectivity index (χ0v) is 12.1. The van der Waals surface area contributed by atoms with Gasteiger partial charge in [-0.1, -0.05) is 6.92 Å². The van der Waals surface area contributed by atoms with Crippen LogP contribution in [0.3, 0.4) is 0 Å². The summed E-state index contributed by atoms with van der Waals surface area (Å²) in [5, 5.41) is 12.7. The molecule has 2 aliphatic heterocycles. The summed E-state index contributed by atoms with van der Waals surface area (Å²) in [5.41, 5.74) is 2.44. The molecule has 2 amide bonds. The number of aryl methyl sites for hydroxylation is 1. The van der Waals surface area contributed by atoms with Gasteiger partial charge in [-0.2, -0.15) is 0 Å². The molecule has 0 aromatic heterocycles. The number of carbonyl (C=O) groups excluding carboxylic acids is 2. The molecule has 1 aromatic rings. The molecule has 0 spiro atoms. The Bertz CT molecular complexity index is 585. The first-order chi connectivity index (χ1) is 10.0. The first-order valence-corrected chi connectivity index (χ1v) is 7.44. The predicted octanol–water partition coefficient (Wildman–Crippen LogP) is 1.41. The van der Waals surface area contributed by atoms with E-state index in [1.165, 1.54) is 0 Å². The molecule has 2 heterocycles. The standard InChI is InChI=1S/C16H20N2O3/c1-10-6-7-18(9-14(10)19)16(21)12-2-4-13-11(8-12)3-5-15(20)17-13/h2,4,8,10,14,19H,3,5-7,9H2,1H3,(H,17,20). The van der Waals surface area contributed by atoms with Crippen LogP contribution in [0.1, 0.15) is 35.7 Å². The summed E-state index contributed by atoms with van der Waals surface area (Å²) in [6, 6.07) is 5.40. The number of likely N-dealkylation sites (tertiary alicyclic amines) is 1. The average molecular weight is 288 g/mol. The van der Waals surface area contributed by atoms with Crippen LogP contribution in [0.4, 0.5) is 5.69 Å². The van der Waals surface area contributed by atoms with E-state index in [9.17, 15) is 14.7 Å². The number of aliphatic hydroxyl groups excluding tert-OH is 1. The number of benzene rings is 1. The molecule has 2 N–H and O–H groups in total. The Labute approximate surface area is 123 Å². The normalized spacial score (nSPS) is 25.2. The van der Waals surface area contributed by atoms with Crippen LogP contribution in [0.25, 0.3) is 0 Å². The van der Waals surface area contributed by atoms with E-state index in [0.29, 0.717) is 31.5 Å². The lowest BCUT2D eigenvalue weighted by atomic mass is 9.95. The van der Waals surface area contributed by atoms with E-state index >= 15 is 0 Å². The van der Waals surface area contributed by atoms with Crippen LogP contribution in [-0.2, 0) is 11.2 Å². The number of carbonyl (C=O) groups is 2. The third kappa shape index (κ3) is 2.78. The number of rotatable bonds is 1. The van der Waals surface area contributed by atoms with Crippen molar-refractivity contribution in [1.29, 1.82) is 0 Å². The summed E-state index contributed by atoms with van der Waals surface area (Å²) in [6.07, 6.45) is 1.51. The van der Waals surface area contributed by atoms with Crippen LogP contribution < -0.4 is 5.32 Å². The summed E-state index contributed by atoms with van der Waals surface area (Å²) in [7, 11) is 0. The maximum absolute atomic E-state index is 12.5. The Morgan fingerprint density at radius 2 is 2.19 bits per heavy atom. The van der Waals surface area contributed by atoms with Crippen LogP contribution >= 0.6 is 0 Å². The van der Waals surface area contributed by atoms with Crippen molar-refractivity contribution in [3.8, 4) is 0 Å². The van der Waals surface area contributed by atoms with E-state index in [-0.39, 0.29) is 17.7 Å². The SMILES string of the molecule is CC1CCN(C(=O)c2ccc3c(c2)CCC(=O)N3)CC1O. The highest BCUT2D eigenvalue weighted by molar-refractivity contribution is 5.98. The first kappa shape index (κ1) is 14.1. The Morgan fingerprint density at radius 1 is 1.38 bits per heavy atom. The zero-order chi connectivity index (χ0) is 15.0. The minimum Gasteiger partial charge on any atom is -0.391 e. The van der Waals surface area contributed by atoms with Gasteiger partial charge in [-0.05, 0) is 42.5 Å². The van der Waals surface area contributed by atoms with E-state index in [4.69, 9.17) is 0 Å². The maximum Gasteiger partial charge on any atom is 0.253 e. The Hall–Kier alpha value is -1.88. The quantitative estimate of drug-likeness (QED) is 0.821. The van der Waals surface area contributed by atoms with Crippen molar-refractivity contribution < 1.29 is 14.7 Å². The lowest BCUT2D eigenvalue weighted by Gasteiger charge is -2.34. The molecule has 5 heteroatoms. The Balaban J connectivity index is 1.78. The number of amides is 2. The third-order valence-corrected chi connectivity index (χ3v) is 4.45. The van der Waals surface area contributed by atoms with Crippen molar-refractivity contribution in [2.45, 2.75) is 32.3 Å². The summed E-state index contributed by atoms with van der Waals surface area (Å²) < 4.78 is 0.